The highest BCUT2D eigenvalue weighted by Crippen LogP contribution is 2.35. The molecule has 5 rings (SSSR count). The second-order valence-corrected chi connectivity index (χ2v) is 9.06. The first-order valence-electron chi connectivity index (χ1n) is 11.4. The number of methoxy groups -OCH3 is 1. The average Bonchev–Trinajstić information content (AvgIpc) is 3.36. The van der Waals surface area contributed by atoms with Gasteiger partial charge in [-0.2, -0.15) is 0 Å². The number of hydrogen-bond acceptors (Lipinski definition) is 9. The number of carbonyl (C=O) groups excluding carboxylic acids is 1. The molecule has 0 aliphatic carbocycles. The number of carbonyl (C=O) groups is 1. The van der Waals surface area contributed by atoms with Crippen molar-refractivity contribution in [2.45, 2.75) is 6.42 Å². The SMILES string of the molecule is COc1cc(CCN(C)C(=O)c2csc3nc(-c4ccccn4)nc(N4CCOCC4)c23)ccn1. The van der Waals surface area contributed by atoms with Crippen LogP contribution in [0.2, 0.25) is 0 Å². The molecule has 1 fully saturated rings. The van der Waals surface area contributed by atoms with Crippen LogP contribution in [0.1, 0.15) is 15.9 Å². The molecule has 1 amide bonds. The molecule has 35 heavy (non-hydrogen) atoms. The lowest BCUT2D eigenvalue weighted by atomic mass is 10.1. The third-order valence-corrected chi connectivity index (χ3v) is 6.81. The molecule has 0 radical (unpaired) electrons. The van der Waals surface area contributed by atoms with Gasteiger partial charge in [0.2, 0.25) is 5.88 Å². The number of amides is 1. The largest absolute Gasteiger partial charge is 0.481 e. The molecule has 0 N–H and O–H groups in total. The Bertz CT molecular complexity index is 1320. The molecule has 5 heterocycles. The molecule has 180 valence electrons. The number of pyridine rings is 2. The zero-order valence-corrected chi connectivity index (χ0v) is 20.5. The number of thiophene rings is 1. The Morgan fingerprint density at radius 1 is 1.17 bits per heavy atom. The van der Waals surface area contributed by atoms with Crippen LogP contribution in [0.15, 0.2) is 48.1 Å². The minimum atomic E-state index is -0.0547. The third kappa shape index (κ3) is 4.94. The van der Waals surface area contributed by atoms with E-state index in [1.54, 1.807) is 24.4 Å². The molecule has 0 spiro atoms. The first-order valence-corrected chi connectivity index (χ1v) is 12.3. The first-order chi connectivity index (χ1) is 17.1. The van der Waals surface area contributed by atoms with E-state index in [2.05, 4.69) is 14.9 Å². The molecule has 1 aliphatic heterocycles. The van der Waals surface area contributed by atoms with Crippen molar-refractivity contribution in [2.24, 2.45) is 0 Å². The van der Waals surface area contributed by atoms with Gasteiger partial charge in [0, 0.05) is 50.5 Å². The summed E-state index contributed by atoms with van der Waals surface area (Å²) in [6.07, 6.45) is 4.14. The summed E-state index contributed by atoms with van der Waals surface area (Å²) >= 11 is 1.46. The Morgan fingerprint density at radius 2 is 2.03 bits per heavy atom. The van der Waals surface area contributed by atoms with Gasteiger partial charge in [-0.3, -0.25) is 9.78 Å². The van der Waals surface area contributed by atoms with E-state index in [9.17, 15) is 4.79 Å². The molecule has 4 aromatic rings. The Balaban J connectivity index is 1.47. The number of fused-ring (bicyclic) bond motifs is 1. The molecule has 1 aliphatic rings. The van der Waals surface area contributed by atoms with Crippen molar-refractivity contribution in [1.82, 2.24) is 24.8 Å². The minimum absolute atomic E-state index is 0.0547. The van der Waals surface area contributed by atoms with Crippen molar-refractivity contribution in [3.8, 4) is 17.4 Å². The van der Waals surface area contributed by atoms with Crippen molar-refractivity contribution in [3.63, 3.8) is 0 Å². The predicted molar refractivity (Wildman–Crippen MR) is 135 cm³/mol. The van der Waals surface area contributed by atoms with Gasteiger partial charge in [-0.1, -0.05) is 6.07 Å². The number of ether oxygens (including phenoxy) is 2. The molecule has 0 unspecified atom stereocenters. The average molecular weight is 491 g/mol. The molecule has 0 saturated carbocycles. The van der Waals surface area contributed by atoms with Gasteiger partial charge in [-0.25, -0.2) is 15.0 Å². The number of morpholine rings is 1. The zero-order chi connectivity index (χ0) is 24.2. The Hall–Kier alpha value is -3.63. The van der Waals surface area contributed by atoms with E-state index in [0.29, 0.717) is 62.2 Å². The molecule has 0 aromatic carbocycles. The number of likely N-dealkylation sites (N-methyl/N-ethyl adjacent to an activating group) is 1. The highest BCUT2D eigenvalue weighted by Gasteiger charge is 2.25. The van der Waals surface area contributed by atoms with Gasteiger partial charge in [-0.05, 0) is 30.2 Å². The monoisotopic (exact) mass is 490 g/mol. The summed E-state index contributed by atoms with van der Waals surface area (Å²) in [6.45, 7) is 3.21. The van der Waals surface area contributed by atoms with Gasteiger partial charge in [0.05, 0.1) is 31.3 Å². The quantitative estimate of drug-likeness (QED) is 0.390. The Morgan fingerprint density at radius 3 is 2.80 bits per heavy atom. The van der Waals surface area contributed by atoms with Crippen LogP contribution < -0.4 is 9.64 Å². The van der Waals surface area contributed by atoms with Gasteiger partial charge < -0.3 is 19.3 Å². The fourth-order valence-corrected chi connectivity index (χ4v) is 4.92. The fraction of sp³-hybridized carbons (Fsp3) is 0.320. The molecular formula is C25H26N6O3S. The summed E-state index contributed by atoms with van der Waals surface area (Å²) in [5.74, 6) is 1.83. The van der Waals surface area contributed by atoms with Crippen molar-refractivity contribution >= 4 is 33.3 Å². The molecular weight excluding hydrogens is 464 g/mol. The minimum Gasteiger partial charge on any atom is -0.481 e. The lowest BCUT2D eigenvalue weighted by molar-refractivity contribution is 0.0799. The van der Waals surface area contributed by atoms with Crippen LogP contribution >= 0.6 is 11.3 Å². The number of hydrogen-bond donors (Lipinski definition) is 0. The summed E-state index contributed by atoms with van der Waals surface area (Å²) < 4.78 is 10.8. The summed E-state index contributed by atoms with van der Waals surface area (Å²) in [5, 5.41) is 2.68. The van der Waals surface area contributed by atoms with Crippen molar-refractivity contribution < 1.29 is 14.3 Å². The Kier molecular flexibility index (Phi) is 6.82. The van der Waals surface area contributed by atoms with E-state index < -0.39 is 0 Å². The van der Waals surface area contributed by atoms with Crippen LogP contribution in [-0.4, -0.2) is 77.7 Å². The topological polar surface area (TPSA) is 93.6 Å². The van der Waals surface area contributed by atoms with Crippen molar-refractivity contribution in [2.75, 3.05) is 51.9 Å². The van der Waals surface area contributed by atoms with Crippen molar-refractivity contribution in [1.29, 1.82) is 0 Å². The second-order valence-electron chi connectivity index (χ2n) is 8.20. The first kappa shape index (κ1) is 23.1. The van der Waals surface area contributed by atoms with Crippen molar-refractivity contribution in [3.05, 3.63) is 59.2 Å². The van der Waals surface area contributed by atoms with Crippen LogP contribution in [0.3, 0.4) is 0 Å². The van der Waals surface area contributed by atoms with Gasteiger partial charge in [-0.15, -0.1) is 11.3 Å². The standard InChI is InChI=1S/C25H26N6O3S/c1-30(10-7-17-6-9-27-20(15-17)33-2)25(32)18-16-35-24-21(18)23(31-11-13-34-14-12-31)28-22(29-24)19-5-3-4-8-26-19/h3-6,8-9,15-16H,7,10-14H2,1-2H3. The van der Waals surface area contributed by atoms with E-state index in [1.807, 2.05) is 42.8 Å². The maximum atomic E-state index is 13.5. The maximum Gasteiger partial charge on any atom is 0.255 e. The predicted octanol–water partition coefficient (Wildman–Crippen LogP) is 3.31. The number of anilines is 1. The lowest BCUT2D eigenvalue weighted by Gasteiger charge is -2.29. The van der Waals surface area contributed by atoms with Crippen LogP contribution in [0, 0.1) is 0 Å². The lowest BCUT2D eigenvalue weighted by Crippen LogP contribution is -2.37. The smallest absolute Gasteiger partial charge is 0.255 e. The van der Waals surface area contributed by atoms with E-state index in [1.165, 1.54) is 11.3 Å². The van der Waals surface area contributed by atoms with Crippen LogP contribution in [0.25, 0.3) is 21.7 Å². The van der Waals surface area contributed by atoms with Crippen LogP contribution in [0.4, 0.5) is 5.82 Å². The molecule has 10 heteroatoms. The summed E-state index contributed by atoms with van der Waals surface area (Å²) in [6, 6.07) is 9.50. The molecule has 1 saturated heterocycles. The molecule has 9 nitrogen and oxygen atoms in total. The fourth-order valence-electron chi connectivity index (χ4n) is 4.02. The van der Waals surface area contributed by atoms with Gasteiger partial charge in [0.1, 0.15) is 16.3 Å². The van der Waals surface area contributed by atoms with Gasteiger partial charge >= 0.3 is 0 Å². The van der Waals surface area contributed by atoms with E-state index in [0.717, 1.165) is 21.6 Å². The van der Waals surface area contributed by atoms with E-state index in [-0.39, 0.29) is 5.91 Å². The molecule has 0 atom stereocenters. The summed E-state index contributed by atoms with van der Waals surface area (Å²) in [5.41, 5.74) is 2.38. The zero-order valence-electron chi connectivity index (χ0n) is 19.7. The van der Waals surface area contributed by atoms with Gasteiger partial charge in [0.25, 0.3) is 5.91 Å². The van der Waals surface area contributed by atoms with Crippen LogP contribution in [0.5, 0.6) is 5.88 Å². The molecule has 4 aromatic heterocycles. The third-order valence-electron chi connectivity index (χ3n) is 5.94. The highest BCUT2D eigenvalue weighted by atomic mass is 32.1. The van der Waals surface area contributed by atoms with Crippen LogP contribution in [-0.2, 0) is 11.2 Å². The number of rotatable bonds is 7. The number of nitrogens with zero attached hydrogens (tertiary/aromatic N) is 6. The number of aromatic nitrogens is 4. The Labute approximate surface area is 207 Å². The highest BCUT2D eigenvalue weighted by molar-refractivity contribution is 7.17. The molecule has 0 bridgehead atoms. The van der Waals surface area contributed by atoms with Gasteiger partial charge in [0.15, 0.2) is 5.82 Å². The summed E-state index contributed by atoms with van der Waals surface area (Å²) in [4.78, 5) is 36.5. The normalized spacial score (nSPS) is 13.7. The second kappa shape index (κ2) is 10.3. The summed E-state index contributed by atoms with van der Waals surface area (Å²) in [7, 11) is 3.42. The maximum absolute atomic E-state index is 13.5. The van der Waals surface area contributed by atoms with E-state index >= 15 is 0 Å². The van der Waals surface area contributed by atoms with E-state index in [4.69, 9.17) is 19.4 Å².